The molecule has 0 radical (unpaired) electrons. The highest BCUT2D eigenvalue weighted by molar-refractivity contribution is 5.36. The summed E-state index contributed by atoms with van der Waals surface area (Å²) in [6.45, 7) is 6.34. The SMILES string of the molecule is Cc1ccccc1C(C)(C)c1nc(C2(N)CCCC2)no1. The van der Waals surface area contributed by atoms with Crippen LogP contribution in [0.1, 0.15) is 62.4 Å². The van der Waals surface area contributed by atoms with Gasteiger partial charge in [-0.25, -0.2) is 0 Å². The van der Waals surface area contributed by atoms with Gasteiger partial charge in [0, 0.05) is 0 Å². The molecule has 0 bridgehead atoms. The maximum absolute atomic E-state index is 6.42. The van der Waals surface area contributed by atoms with Crippen LogP contribution >= 0.6 is 0 Å². The quantitative estimate of drug-likeness (QED) is 0.938. The Labute approximate surface area is 125 Å². The first-order chi connectivity index (χ1) is 9.93. The molecule has 0 atom stereocenters. The van der Waals surface area contributed by atoms with E-state index in [2.05, 4.69) is 43.0 Å². The lowest BCUT2D eigenvalue weighted by Crippen LogP contribution is -2.34. The lowest BCUT2D eigenvalue weighted by Gasteiger charge is -2.23. The minimum absolute atomic E-state index is 0.314. The van der Waals surface area contributed by atoms with Crippen LogP contribution in [0.4, 0.5) is 0 Å². The number of aromatic nitrogens is 2. The third-order valence-corrected chi connectivity index (χ3v) is 4.72. The third kappa shape index (κ3) is 2.38. The molecule has 1 aliphatic rings. The number of benzene rings is 1. The van der Waals surface area contributed by atoms with Gasteiger partial charge in [0.2, 0.25) is 5.89 Å². The molecule has 4 nitrogen and oxygen atoms in total. The van der Waals surface area contributed by atoms with Crippen molar-refractivity contribution in [3.05, 3.63) is 47.1 Å². The summed E-state index contributed by atoms with van der Waals surface area (Å²) < 4.78 is 5.58. The van der Waals surface area contributed by atoms with Crippen LogP contribution in [0.2, 0.25) is 0 Å². The number of nitrogens with zero attached hydrogens (tertiary/aromatic N) is 2. The van der Waals surface area contributed by atoms with E-state index in [0.717, 1.165) is 25.7 Å². The summed E-state index contributed by atoms with van der Waals surface area (Å²) in [6, 6.07) is 8.31. The molecule has 0 spiro atoms. The fourth-order valence-electron chi connectivity index (χ4n) is 3.30. The van der Waals surface area contributed by atoms with Crippen molar-refractivity contribution in [2.24, 2.45) is 5.73 Å². The van der Waals surface area contributed by atoms with Gasteiger partial charge in [0.15, 0.2) is 5.82 Å². The van der Waals surface area contributed by atoms with Crippen molar-refractivity contribution in [1.82, 2.24) is 10.1 Å². The lowest BCUT2D eigenvalue weighted by molar-refractivity contribution is 0.318. The summed E-state index contributed by atoms with van der Waals surface area (Å²) in [5.74, 6) is 1.31. The molecular formula is C17H23N3O. The van der Waals surface area contributed by atoms with E-state index in [-0.39, 0.29) is 5.41 Å². The molecule has 1 aromatic carbocycles. The van der Waals surface area contributed by atoms with E-state index < -0.39 is 5.54 Å². The van der Waals surface area contributed by atoms with Crippen LogP contribution in [0.25, 0.3) is 0 Å². The van der Waals surface area contributed by atoms with Crippen molar-refractivity contribution in [3.63, 3.8) is 0 Å². The maximum atomic E-state index is 6.42. The highest BCUT2D eigenvalue weighted by Gasteiger charge is 2.38. The average molecular weight is 285 g/mol. The Kier molecular flexibility index (Phi) is 3.36. The molecule has 112 valence electrons. The van der Waals surface area contributed by atoms with Crippen LogP contribution in [-0.2, 0) is 11.0 Å². The molecule has 0 saturated heterocycles. The predicted octanol–water partition coefficient (Wildman–Crippen LogP) is 3.43. The number of hydrogen-bond donors (Lipinski definition) is 1. The summed E-state index contributed by atoms with van der Waals surface area (Å²) in [6.07, 6.45) is 4.16. The molecule has 21 heavy (non-hydrogen) atoms. The molecule has 4 heteroatoms. The summed E-state index contributed by atoms with van der Waals surface area (Å²) in [7, 11) is 0. The minimum Gasteiger partial charge on any atom is -0.338 e. The Balaban J connectivity index is 1.97. The molecule has 2 N–H and O–H groups in total. The van der Waals surface area contributed by atoms with E-state index in [9.17, 15) is 0 Å². The zero-order valence-electron chi connectivity index (χ0n) is 13.0. The van der Waals surface area contributed by atoms with E-state index in [1.54, 1.807) is 0 Å². The smallest absolute Gasteiger partial charge is 0.236 e. The average Bonchev–Trinajstić information content (AvgIpc) is 3.08. The standard InChI is InChI=1S/C17H23N3O/c1-12-8-4-5-9-13(12)16(2,3)15-19-14(20-21-15)17(18)10-6-7-11-17/h4-5,8-9H,6-7,10-11,18H2,1-3H3. The Morgan fingerprint density at radius 3 is 2.52 bits per heavy atom. The number of aryl methyl sites for hydroxylation is 1. The Morgan fingerprint density at radius 2 is 1.86 bits per heavy atom. The van der Waals surface area contributed by atoms with E-state index in [0.29, 0.717) is 11.7 Å². The second-order valence-corrected chi connectivity index (χ2v) is 6.73. The van der Waals surface area contributed by atoms with E-state index in [4.69, 9.17) is 10.3 Å². The number of nitrogens with two attached hydrogens (primary N) is 1. The van der Waals surface area contributed by atoms with Crippen LogP contribution in [0.3, 0.4) is 0 Å². The summed E-state index contributed by atoms with van der Waals surface area (Å²) in [5.41, 5.74) is 8.14. The molecule has 0 unspecified atom stereocenters. The van der Waals surface area contributed by atoms with E-state index >= 15 is 0 Å². The van der Waals surface area contributed by atoms with E-state index in [1.165, 1.54) is 11.1 Å². The normalized spacial score (nSPS) is 18.1. The van der Waals surface area contributed by atoms with Gasteiger partial charge < -0.3 is 10.3 Å². The van der Waals surface area contributed by atoms with Gasteiger partial charge >= 0.3 is 0 Å². The first kappa shape index (κ1) is 14.3. The summed E-state index contributed by atoms with van der Waals surface area (Å²) >= 11 is 0. The molecular weight excluding hydrogens is 262 g/mol. The first-order valence-electron chi connectivity index (χ1n) is 7.63. The van der Waals surface area contributed by atoms with Gasteiger partial charge in [-0.15, -0.1) is 0 Å². The molecule has 2 aromatic rings. The number of hydrogen-bond acceptors (Lipinski definition) is 4. The van der Waals surface area contributed by atoms with Crippen LogP contribution < -0.4 is 5.73 Å². The zero-order chi connectivity index (χ0) is 15.1. The fraction of sp³-hybridized carbons (Fsp3) is 0.529. The van der Waals surface area contributed by atoms with Gasteiger partial charge in [-0.05, 0) is 44.7 Å². The van der Waals surface area contributed by atoms with Gasteiger partial charge in [-0.2, -0.15) is 4.98 Å². The minimum atomic E-state index is -0.399. The molecule has 0 amide bonds. The maximum Gasteiger partial charge on any atom is 0.236 e. The molecule has 1 aliphatic carbocycles. The number of rotatable bonds is 3. The Bertz CT molecular complexity index is 639. The zero-order valence-corrected chi connectivity index (χ0v) is 13.0. The lowest BCUT2D eigenvalue weighted by atomic mass is 9.82. The van der Waals surface area contributed by atoms with Gasteiger partial charge in [-0.1, -0.05) is 42.3 Å². The molecule has 1 fully saturated rings. The largest absolute Gasteiger partial charge is 0.338 e. The fourth-order valence-corrected chi connectivity index (χ4v) is 3.30. The topological polar surface area (TPSA) is 64.9 Å². The van der Waals surface area contributed by atoms with Crippen LogP contribution in [-0.4, -0.2) is 10.1 Å². The Hall–Kier alpha value is -1.68. The molecule has 1 aromatic heterocycles. The van der Waals surface area contributed by atoms with Crippen LogP contribution in [0.15, 0.2) is 28.8 Å². The molecule has 1 heterocycles. The van der Waals surface area contributed by atoms with Crippen molar-refractivity contribution in [3.8, 4) is 0 Å². The summed E-state index contributed by atoms with van der Waals surface area (Å²) in [4.78, 5) is 4.65. The van der Waals surface area contributed by atoms with Gasteiger partial charge in [0.05, 0.1) is 11.0 Å². The second-order valence-electron chi connectivity index (χ2n) is 6.73. The van der Waals surface area contributed by atoms with E-state index in [1.807, 2.05) is 12.1 Å². The second kappa shape index (κ2) is 4.95. The molecule has 3 rings (SSSR count). The predicted molar refractivity (Wildman–Crippen MR) is 81.9 cm³/mol. The molecule has 0 aliphatic heterocycles. The van der Waals surface area contributed by atoms with Gasteiger partial charge in [-0.3, -0.25) is 0 Å². The van der Waals surface area contributed by atoms with Crippen molar-refractivity contribution >= 4 is 0 Å². The van der Waals surface area contributed by atoms with Crippen molar-refractivity contribution < 1.29 is 4.52 Å². The van der Waals surface area contributed by atoms with Gasteiger partial charge in [0.25, 0.3) is 0 Å². The summed E-state index contributed by atoms with van der Waals surface area (Å²) in [5, 5.41) is 4.18. The van der Waals surface area contributed by atoms with Gasteiger partial charge in [0.1, 0.15) is 0 Å². The van der Waals surface area contributed by atoms with Crippen molar-refractivity contribution in [2.45, 2.75) is 57.4 Å². The monoisotopic (exact) mass is 285 g/mol. The van der Waals surface area contributed by atoms with Crippen molar-refractivity contribution in [1.29, 1.82) is 0 Å². The van der Waals surface area contributed by atoms with Crippen molar-refractivity contribution in [2.75, 3.05) is 0 Å². The highest BCUT2D eigenvalue weighted by atomic mass is 16.5. The highest BCUT2D eigenvalue weighted by Crippen LogP contribution is 2.37. The van der Waals surface area contributed by atoms with Crippen LogP contribution in [0.5, 0.6) is 0 Å². The third-order valence-electron chi connectivity index (χ3n) is 4.72. The molecule has 1 saturated carbocycles. The van der Waals surface area contributed by atoms with Crippen LogP contribution in [0, 0.1) is 6.92 Å². The Morgan fingerprint density at radius 1 is 1.19 bits per heavy atom. The first-order valence-corrected chi connectivity index (χ1v) is 7.63.